The van der Waals surface area contributed by atoms with Gasteiger partial charge in [0.2, 0.25) is 5.91 Å². The Balaban J connectivity index is 1.43. The summed E-state index contributed by atoms with van der Waals surface area (Å²) in [5, 5.41) is 1.79. The zero-order valence-electron chi connectivity index (χ0n) is 17.8. The average molecular weight is 514 g/mol. The fraction of sp³-hybridized carbons (Fsp3) is 0.333. The lowest BCUT2D eigenvalue weighted by atomic mass is 10.2. The van der Waals surface area contributed by atoms with Gasteiger partial charge in [-0.1, -0.05) is 0 Å². The fourth-order valence-corrected chi connectivity index (χ4v) is 5.84. The molecule has 3 atom stereocenters. The molecule has 4 rings (SSSR count). The number of carbonyl (C=O) groups is 1. The smallest absolute Gasteiger partial charge is 0.443 e. The van der Waals surface area contributed by atoms with E-state index in [2.05, 4.69) is 20.3 Å². The first-order valence-electron chi connectivity index (χ1n) is 10.2. The molecule has 3 heterocycles. The number of nitrogens with one attached hydrogen (secondary N) is 1. The summed E-state index contributed by atoms with van der Waals surface area (Å²) in [6.45, 7) is 1.89. The molecule has 2 aromatic heterocycles. The fourth-order valence-electron chi connectivity index (χ4n) is 3.61. The topological polar surface area (TPSA) is 94.1 Å². The van der Waals surface area contributed by atoms with Crippen LogP contribution in [0.15, 0.2) is 47.8 Å². The van der Waals surface area contributed by atoms with E-state index in [1.54, 1.807) is 4.31 Å². The van der Waals surface area contributed by atoms with Gasteiger partial charge in [0.15, 0.2) is 9.90 Å². The highest BCUT2D eigenvalue weighted by Gasteiger charge is 2.44. The number of amides is 1. The van der Waals surface area contributed by atoms with E-state index in [4.69, 9.17) is 0 Å². The van der Waals surface area contributed by atoms with E-state index >= 15 is 0 Å². The van der Waals surface area contributed by atoms with Crippen molar-refractivity contribution in [3.8, 4) is 10.6 Å². The molecule has 1 saturated heterocycles. The van der Waals surface area contributed by atoms with Crippen molar-refractivity contribution >= 4 is 28.6 Å². The maximum absolute atomic E-state index is 13.2. The number of hydrogen-bond donors (Lipinski definition) is 1. The number of thiazole rings is 1. The van der Waals surface area contributed by atoms with Crippen molar-refractivity contribution in [2.45, 2.75) is 49.5 Å². The number of nitrogens with zero attached hydrogens (tertiary/aromatic N) is 4. The lowest BCUT2D eigenvalue weighted by Crippen LogP contribution is -2.48. The molecule has 180 valence electrons. The first-order chi connectivity index (χ1) is 16.1. The molecule has 0 bridgehead atoms. The molecule has 34 heavy (non-hydrogen) atoms. The maximum atomic E-state index is 13.2. The third-order valence-corrected chi connectivity index (χ3v) is 8.01. The molecule has 1 unspecified atom stereocenters. The standard InChI is InChI=1S/C21H19F4N5O2S2/c1-12-2-7-17(30(12)34(32)15-5-3-13(22)4-6-15)19(31)26-9-14-8-16(29-11-28-14)18-10-27-20(33-18)21(23,24)25/h3-6,8,10-12,17H,2,7,9H2,1H3,(H,26,31)/t12-,17-,34?/m0/s1. The predicted octanol–water partition coefficient (Wildman–Crippen LogP) is 3.95. The first kappa shape index (κ1) is 24.5. The van der Waals surface area contributed by atoms with E-state index in [1.165, 1.54) is 36.7 Å². The summed E-state index contributed by atoms with van der Waals surface area (Å²) in [7, 11) is 0. The Morgan fingerprint density at radius 3 is 2.65 bits per heavy atom. The SMILES string of the molecule is C[C@H]1CC[C@@H](C(=O)NCc2cc(-c3cnc(C(F)(F)F)s3)ncn2)N1[S+]([O-])c1ccc(F)cc1. The van der Waals surface area contributed by atoms with E-state index in [1.807, 2.05) is 6.92 Å². The minimum absolute atomic E-state index is 0.0151. The number of hydrogen-bond acceptors (Lipinski definition) is 7. The van der Waals surface area contributed by atoms with Crippen molar-refractivity contribution in [2.24, 2.45) is 0 Å². The summed E-state index contributed by atoms with van der Waals surface area (Å²) in [4.78, 5) is 25.0. The van der Waals surface area contributed by atoms with Gasteiger partial charge in [0.05, 0.1) is 40.2 Å². The molecule has 3 aromatic rings. The van der Waals surface area contributed by atoms with Crippen LogP contribution in [0.2, 0.25) is 0 Å². The molecule has 1 amide bonds. The molecule has 0 aliphatic carbocycles. The van der Waals surface area contributed by atoms with Crippen LogP contribution in [0.4, 0.5) is 17.6 Å². The van der Waals surface area contributed by atoms with Crippen molar-refractivity contribution in [1.29, 1.82) is 0 Å². The summed E-state index contributed by atoms with van der Waals surface area (Å²) in [6.07, 6.45) is -1.07. The van der Waals surface area contributed by atoms with Crippen molar-refractivity contribution in [3.63, 3.8) is 0 Å². The minimum atomic E-state index is -4.54. The van der Waals surface area contributed by atoms with Crippen LogP contribution in [0.1, 0.15) is 30.5 Å². The Kier molecular flexibility index (Phi) is 7.17. The number of alkyl halides is 3. The molecule has 1 aliphatic heterocycles. The van der Waals surface area contributed by atoms with Crippen LogP contribution in [-0.2, 0) is 28.9 Å². The van der Waals surface area contributed by atoms with Gasteiger partial charge in [-0.05, 0) is 50.1 Å². The van der Waals surface area contributed by atoms with Gasteiger partial charge in [0.1, 0.15) is 18.2 Å². The van der Waals surface area contributed by atoms with Gasteiger partial charge in [-0.15, -0.1) is 15.6 Å². The van der Waals surface area contributed by atoms with Gasteiger partial charge < -0.3 is 9.87 Å². The number of rotatable bonds is 6. The van der Waals surface area contributed by atoms with Gasteiger partial charge in [-0.25, -0.2) is 19.3 Å². The molecular formula is C21H19F4N5O2S2. The number of carbonyl (C=O) groups excluding carboxylic acids is 1. The van der Waals surface area contributed by atoms with Crippen LogP contribution in [0.25, 0.3) is 10.6 Å². The van der Waals surface area contributed by atoms with Gasteiger partial charge in [-0.3, -0.25) is 4.79 Å². The van der Waals surface area contributed by atoms with Crippen molar-refractivity contribution < 1.29 is 26.9 Å². The predicted molar refractivity (Wildman–Crippen MR) is 117 cm³/mol. The highest BCUT2D eigenvalue weighted by Crippen LogP contribution is 2.36. The summed E-state index contributed by atoms with van der Waals surface area (Å²) < 4.78 is 66.3. The molecule has 13 heteroatoms. The van der Waals surface area contributed by atoms with Gasteiger partial charge in [-0.2, -0.15) is 13.2 Å². The van der Waals surface area contributed by atoms with Gasteiger partial charge in [0, 0.05) is 6.20 Å². The molecular weight excluding hydrogens is 494 g/mol. The Morgan fingerprint density at radius 1 is 1.24 bits per heavy atom. The Labute approximate surface area is 199 Å². The third-order valence-electron chi connectivity index (χ3n) is 5.28. The summed E-state index contributed by atoms with van der Waals surface area (Å²) >= 11 is -1.18. The number of aromatic nitrogens is 3. The minimum Gasteiger partial charge on any atom is -0.593 e. The maximum Gasteiger partial charge on any atom is 0.443 e. The second kappa shape index (κ2) is 9.94. The van der Waals surface area contributed by atoms with E-state index in [0.717, 1.165) is 6.20 Å². The Morgan fingerprint density at radius 2 is 1.97 bits per heavy atom. The molecule has 1 N–H and O–H groups in total. The van der Waals surface area contributed by atoms with Crippen LogP contribution in [0.5, 0.6) is 0 Å². The summed E-state index contributed by atoms with van der Waals surface area (Å²) in [6, 6.07) is 6.00. The highest BCUT2D eigenvalue weighted by atomic mass is 32.2. The monoisotopic (exact) mass is 513 g/mol. The van der Waals surface area contributed by atoms with E-state index in [9.17, 15) is 26.9 Å². The van der Waals surface area contributed by atoms with E-state index in [-0.39, 0.29) is 29.1 Å². The third kappa shape index (κ3) is 5.37. The van der Waals surface area contributed by atoms with Gasteiger partial charge in [0.25, 0.3) is 0 Å². The lowest BCUT2D eigenvalue weighted by Gasteiger charge is -2.28. The summed E-state index contributed by atoms with van der Waals surface area (Å²) in [5.74, 6) is -0.793. The van der Waals surface area contributed by atoms with Crippen LogP contribution in [0.3, 0.4) is 0 Å². The molecule has 7 nitrogen and oxygen atoms in total. The second-order valence-corrected chi connectivity index (χ2v) is 10.1. The van der Waals surface area contributed by atoms with Gasteiger partial charge >= 0.3 is 6.18 Å². The van der Waals surface area contributed by atoms with E-state index in [0.29, 0.717) is 34.8 Å². The molecule has 1 aliphatic rings. The van der Waals surface area contributed by atoms with Crippen LogP contribution >= 0.6 is 11.3 Å². The summed E-state index contributed by atoms with van der Waals surface area (Å²) in [5.41, 5.74) is 0.665. The quantitative estimate of drug-likeness (QED) is 0.396. The largest absolute Gasteiger partial charge is 0.593 e. The Hall–Kier alpha value is -2.61. The molecule has 0 spiro atoms. The van der Waals surface area contributed by atoms with Crippen LogP contribution in [0, 0.1) is 5.82 Å². The number of benzene rings is 1. The number of halogens is 4. The molecule has 1 fully saturated rings. The van der Waals surface area contributed by atoms with Crippen LogP contribution in [-0.4, -0.2) is 41.8 Å². The van der Waals surface area contributed by atoms with E-state index < -0.39 is 34.4 Å². The van der Waals surface area contributed by atoms with Crippen molar-refractivity contribution in [2.75, 3.05) is 0 Å². The lowest BCUT2D eigenvalue weighted by molar-refractivity contribution is -0.137. The molecule has 0 radical (unpaired) electrons. The average Bonchev–Trinajstić information content (AvgIpc) is 3.45. The van der Waals surface area contributed by atoms with Crippen molar-refractivity contribution in [1.82, 2.24) is 24.6 Å². The van der Waals surface area contributed by atoms with Crippen molar-refractivity contribution in [3.05, 3.63) is 59.4 Å². The molecule has 1 aromatic carbocycles. The normalized spacial score (nSPS) is 19.8. The van der Waals surface area contributed by atoms with Crippen LogP contribution < -0.4 is 5.32 Å². The zero-order valence-corrected chi connectivity index (χ0v) is 19.4. The second-order valence-electron chi connectivity index (χ2n) is 7.64. The first-order valence-corrected chi connectivity index (χ1v) is 12.1. The zero-order chi connectivity index (χ0) is 24.5. The Bertz CT molecular complexity index is 1160. The molecule has 0 saturated carbocycles. The highest BCUT2D eigenvalue weighted by molar-refractivity contribution is 7.89.